The Hall–Kier alpha value is -1.70. The summed E-state index contributed by atoms with van der Waals surface area (Å²) in [6.07, 6.45) is 0.339. The minimum absolute atomic E-state index is 0.0246. The second kappa shape index (κ2) is 5.01. The third-order valence-corrected chi connectivity index (χ3v) is 5.19. The normalized spacial score (nSPS) is 20.9. The summed E-state index contributed by atoms with van der Waals surface area (Å²) in [6.45, 7) is 0. The number of nitrogens with zero attached hydrogens (tertiary/aromatic N) is 1. The molecule has 110 valence electrons. The van der Waals surface area contributed by atoms with Crippen LogP contribution in [0.2, 0.25) is 0 Å². The second-order valence-corrected chi connectivity index (χ2v) is 7.10. The molecular formula is C12H15F2N3O2S. The predicted molar refractivity (Wildman–Crippen MR) is 72.8 cm³/mol. The minimum atomic E-state index is -3.14. The Bertz CT molecular complexity index is 638. The van der Waals surface area contributed by atoms with E-state index in [1.165, 1.54) is 11.9 Å². The third-order valence-electron chi connectivity index (χ3n) is 3.44. The van der Waals surface area contributed by atoms with Crippen LogP contribution in [-0.4, -0.2) is 38.8 Å². The molecule has 20 heavy (non-hydrogen) atoms. The number of rotatable bonds is 3. The highest BCUT2D eigenvalue weighted by atomic mass is 32.2. The van der Waals surface area contributed by atoms with E-state index in [1.807, 2.05) is 0 Å². The predicted octanol–water partition coefficient (Wildman–Crippen LogP) is 0.872. The molecule has 1 atom stereocenters. The average molecular weight is 303 g/mol. The second-order valence-electron chi connectivity index (χ2n) is 4.87. The number of amidine groups is 1. The molecule has 2 rings (SSSR count). The molecule has 0 bridgehead atoms. The maximum absolute atomic E-state index is 14.0. The van der Waals surface area contributed by atoms with E-state index < -0.39 is 33.3 Å². The molecule has 0 radical (unpaired) electrons. The molecule has 1 aromatic carbocycles. The molecule has 1 aromatic rings. The van der Waals surface area contributed by atoms with E-state index in [0.717, 1.165) is 12.1 Å². The molecule has 1 fully saturated rings. The molecule has 0 amide bonds. The minimum Gasteiger partial charge on any atom is -0.384 e. The van der Waals surface area contributed by atoms with E-state index in [0.29, 0.717) is 6.42 Å². The van der Waals surface area contributed by atoms with Crippen molar-refractivity contribution in [2.24, 2.45) is 5.73 Å². The van der Waals surface area contributed by atoms with Crippen LogP contribution in [0.25, 0.3) is 0 Å². The summed E-state index contributed by atoms with van der Waals surface area (Å²) in [6, 6.07) is 1.49. The molecule has 5 nitrogen and oxygen atoms in total. The first-order valence-electron chi connectivity index (χ1n) is 5.98. The summed E-state index contributed by atoms with van der Waals surface area (Å²) in [5.74, 6) is -2.24. The van der Waals surface area contributed by atoms with Crippen molar-refractivity contribution in [2.75, 3.05) is 23.5 Å². The number of benzene rings is 1. The van der Waals surface area contributed by atoms with Crippen LogP contribution < -0.4 is 10.6 Å². The van der Waals surface area contributed by atoms with Gasteiger partial charge in [-0.15, -0.1) is 0 Å². The number of nitrogen functional groups attached to an aromatic ring is 1. The number of halogens is 2. The quantitative estimate of drug-likeness (QED) is 0.641. The Labute approximate surface area is 115 Å². The van der Waals surface area contributed by atoms with E-state index in [-0.39, 0.29) is 22.8 Å². The van der Waals surface area contributed by atoms with Crippen LogP contribution >= 0.6 is 0 Å². The Balaban J connectivity index is 2.36. The van der Waals surface area contributed by atoms with Crippen LogP contribution in [0.15, 0.2) is 12.1 Å². The fourth-order valence-electron chi connectivity index (χ4n) is 2.32. The smallest absolute Gasteiger partial charge is 0.152 e. The Kier molecular flexibility index (Phi) is 3.68. The Morgan fingerprint density at radius 3 is 2.35 bits per heavy atom. The molecule has 0 spiro atoms. The Morgan fingerprint density at radius 1 is 1.40 bits per heavy atom. The van der Waals surface area contributed by atoms with Gasteiger partial charge in [0, 0.05) is 18.7 Å². The van der Waals surface area contributed by atoms with Gasteiger partial charge in [0.1, 0.15) is 23.2 Å². The maximum Gasteiger partial charge on any atom is 0.152 e. The number of nitrogens with one attached hydrogen (secondary N) is 1. The fourth-order valence-corrected chi connectivity index (χ4v) is 4.10. The molecule has 1 heterocycles. The zero-order valence-corrected chi connectivity index (χ0v) is 11.7. The molecule has 0 saturated carbocycles. The van der Waals surface area contributed by atoms with Gasteiger partial charge < -0.3 is 10.6 Å². The molecule has 0 aliphatic carbocycles. The summed E-state index contributed by atoms with van der Waals surface area (Å²) < 4.78 is 50.8. The van der Waals surface area contributed by atoms with Crippen molar-refractivity contribution in [3.8, 4) is 0 Å². The van der Waals surface area contributed by atoms with Crippen molar-refractivity contribution in [3.05, 3.63) is 29.3 Å². The molecule has 1 saturated heterocycles. The van der Waals surface area contributed by atoms with E-state index in [1.54, 1.807) is 0 Å². The van der Waals surface area contributed by atoms with Gasteiger partial charge in [0.05, 0.1) is 11.5 Å². The van der Waals surface area contributed by atoms with Gasteiger partial charge in [-0.05, 0) is 18.6 Å². The van der Waals surface area contributed by atoms with Gasteiger partial charge in [-0.2, -0.15) is 0 Å². The number of hydrogen-bond donors (Lipinski definition) is 2. The van der Waals surface area contributed by atoms with Gasteiger partial charge in [0.2, 0.25) is 0 Å². The van der Waals surface area contributed by atoms with Crippen LogP contribution in [0.4, 0.5) is 14.5 Å². The lowest BCUT2D eigenvalue weighted by molar-refractivity contribution is 0.561. The van der Waals surface area contributed by atoms with E-state index in [9.17, 15) is 17.2 Å². The van der Waals surface area contributed by atoms with E-state index >= 15 is 0 Å². The van der Waals surface area contributed by atoms with E-state index in [4.69, 9.17) is 11.1 Å². The zero-order valence-electron chi connectivity index (χ0n) is 10.9. The van der Waals surface area contributed by atoms with Crippen molar-refractivity contribution < 1.29 is 17.2 Å². The van der Waals surface area contributed by atoms with Crippen LogP contribution in [0.1, 0.15) is 12.0 Å². The van der Waals surface area contributed by atoms with Gasteiger partial charge in [0.15, 0.2) is 9.84 Å². The first-order valence-corrected chi connectivity index (χ1v) is 7.80. The highest BCUT2D eigenvalue weighted by molar-refractivity contribution is 7.91. The molecule has 1 aliphatic heterocycles. The largest absolute Gasteiger partial charge is 0.384 e. The number of nitrogens with two attached hydrogens (primary N) is 1. The summed E-state index contributed by atoms with van der Waals surface area (Å²) in [7, 11) is -1.68. The summed E-state index contributed by atoms with van der Waals surface area (Å²) in [5, 5.41) is 7.18. The first-order chi connectivity index (χ1) is 9.21. The Morgan fingerprint density at radius 2 is 1.95 bits per heavy atom. The van der Waals surface area contributed by atoms with Crippen molar-refractivity contribution in [2.45, 2.75) is 12.5 Å². The highest BCUT2D eigenvalue weighted by Crippen LogP contribution is 2.28. The van der Waals surface area contributed by atoms with Gasteiger partial charge in [-0.25, -0.2) is 17.2 Å². The van der Waals surface area contributed by atoms with Crippen molar-refractivity contribution >= 4 is 21.4 Å². The van der Waals surface area contributed by atoms with Crippen molar-refractivity contribution in [1.29, 1.82) is 5.41 Å². The molecule has 0 aromatic heterocycles. The van der Waals surface area contributed by atoms with Crippen LogP contribution in [0.3, 0.4) is 0 Å². The summed E-state index contributed by atoms with van der Waals surface area (Å²) in [5.41, 5.74) is 4.85. The van der Waals surface area contributed by atoms with Gasteiger partial charge in [0.25, 0.3) is 0 Å². The van der Waals surface area contributed by atoms with Gasteiger partial charge in [-0.3, -0.25) is 5.41 Å². The van der Waals surface area contributed by atoms with Crippen LogP contribution in [-0.2, 0) is 9.84 Å². The lowest BCUT2D eigenvalue weighted by atomic mass is 10.1. The summed E-state index contributed by atoms with van der Waals surface area (Å²) >= 11 is 0. The molecular weight excluding hydrogens is 288 g/mol. The number of hydrogen-bond acceptors (Lipinski definition) is 4. The van der Waals surface area contributed by atoms with E-state index in [2.05, 4.69) is 0 Å². The number of sulfone groups is 1. The zero-order chi connectivity index (χ0) is 15.1. The standard InChI is InChI=1S/C12H15F2N3O2S/c1-17(8-2-3-20(18,19)6-8)11-9(13)4-7(12(15)16)5-10(11)14/h4-5,8H,2-3,6H2,1H3,(H3,15,16). The summed E-state index contributed by atoms with van der Waals surface area (Å²) in [4.78, 5) is 1.30. The molecule has 3 N–H and O–H groups in total. The average Bonchev–Trinajstić information content (AvgIpc) is 2.68. The molecule has 8 heteroatoms. The van der Waals surface area contributed by atoms with Gasteiger partial charge in [-0.1, -0.05) is 0 Å². The molecule has 1 aliphatic rings. The topological polar surface area (TPSA) is 87.2 Å². The maximum atomic E-state index is 14.0. The van der Waals surface area contributed by atoms with Crippen LogP contribution in [0, 0.1) is 17.0 Å². The van der Waals surface area contributed by atoms with Crippen molar-refractivity contribution in [3.63, 3.8) is 0 Å². The van der Waals surface area contributed by atoms with Crippen molar-refractivity contribution in [1.82, 2.24) is 0 Å². The highest BCUT2D eigenvalue weighted by Gasteiger charge is 2.32. The van der Waals surface area contributed by atoms with Crippen LogP contribution in [0.5, 0.6) is 0 Å². The molecule has 1 unspecified atom stereocenters. The number of anilines is 1. The first kappa shape index (κ1) is 14.7. The van der Waals surface area contributed by atoms with Gasteiger partial charge >= 0.3 is 0 Å². The third kappa shape index (κ3) is 2.74. The fraction of sp³-hybridized carbons (Fsp3) is 0.417. The SMILES string of the molecule is CN(c1c(F)cc(C(=N)N)cc1F)C1CCS(=O)(=O)C1. The lowest BCUT2D eigenvalue weighted by Gasteiger charge is -2.26. The monoisotopic (exact) mass is 303 g/mol. The lowest BCUT2D eigenvalue weighted by Crippen LogP contribution is -2.34.